The van der Waals surface area contributed by atoms with Crippen LogP contribution in [0.5, 0.6) is 0 Å². The van der Waals surface area contributed by atoms with Gasteiger partial charge in [-0.3, -0.25) is 0 Å². The third-order valence-corrected chi connectivity index (χ3v) is 6.54. The summed E-state index contributed by atoms with van der Waals surface area (Å²) < 4.78 is 34.1. The molecule has 0 amide bonds. The smallest absolute Gasteiger partial charge is 0.248 e. The van der Waals surface area contributed by atoms with Crippen molar-refractivity contribution in [2.75, 3.05) is 19.5 Å². The van der Waals surface area contributed by atoms with E-state index < -0.39 is 14.6 Å². The minimum absolute atomic E-state index is 0.222. The van der Waals surface area contributed by atoms with E-state index in [0.717, 1.165) is 25.7 Å². The van der Waals surface area contributed by atoms with Crippen LogP contribution in [-0.2, 0) is 19.3 Å². The van der Waals surface area contributed by atoms with Crippen LogP contribution >= 0.6 is 0 Å². The van der Waals surface area contributed by atoms with E-state index in [9.17, 15) is 8.42 Å². The molecule has 7 heteroatoms. The van der Waals surface area contributed by atoms with E-state index in [1.54, 1.807) is 0 Å². The summed E-state index contributed by atoms with van der Waals surface area (Å²) in [5.41, 5.74) is 0. The van der Waals surface area contributed by atoms with Crippen LogP contribution in [0.2, 0.25) is 0 Å². The Morgan fingerprint density at radius 1 is 1.20 bits per heavy atom. The van der Waals surface area contributed by atoms with Crippen LogP contribution in [0.15, 0.2) is 4.52 Å². The van der Waals surface area contributed by atoms with Crippen molar-refractivity contribution in [2.45, 2.75) is 49.2 Å². The Hall–Kier alpha value is -0.950. The summed E-state index contributed by atoms with van der Waals surface area (Å²) in [6, 6.07) is 0. The summed E-state index contributed by atoms with van der Waals surface area (Å²) in [6.07, 6.45) is 5.96. The Morgan fingerprint density at radius 3 is 2.45 bits per heavy atom. The zero-order valence-electron chi connectivity index (χ0n) is 11.7. The zero-order valence-corrected chi connectivity index (χ0v) is 12.5. The normalized spacial score (nSPS) is 24.1. The number of hydrogen-bond acceptors (Lipinski definition) is 6. The average molecular weight is 300 g/mol. The van der Waals surface area contributed by atoms with E-state index >= 15 is 0 Å². The Bertz CT molecular complexity index is 569. The molecule has 6 nitrogen and oxygen atoms in total. The van der Waals surface area contributed by atoms with Gasteiger partial charge in [-0.2, -0.15) is 4.98 Å². The van der Waals surface area contributed by atoms with Crippen LogP contribution in [0.25, 0.3) is 0 Å². The summed E-state index contributed by atoms with van der Waals surface area (Å²) in [6.45, 7) is 1.40. The maximum absolute atomic E-state index is 12.2. The Balaban J connectivity index is 1.92. The molecule has 1 saturated carbocycles. The van der Waals surface area contributed by atoms with Crippen molar-refractivity contribution >= 4 is 9.84 Å². The molecule has 1 aliphatic heterocycles. The SMILES string of the molecule is CS(=O)(=O)C1(c2nc(C3CCOCC3)no2)CCCC1. The maximum atomic E-state index is 12.2. The van der Waals surface area contributed by atoms with Gasteiger partial charge in [0, 0.05) is 25.4 Å². The van der Waals surface area contributed by atoms with E-state index in [0.29, 0.717) is 37.8 Å². The monoisotopic (exact) mass is 300 g/mol. The Labute approximate surface area is 118 Å². The fraction of sp³-hybridized carbons (Fsp3) is 0.846. The highest BCUT2D eigenvalue weighted by molar-refractivity contribution is 7.91. The van der Waals surface area contributed by atoms with E-state index in [2.05, 4.69) is 10.1 Å². The minimum atomic E-state index is -3.26. The first kappa shape index (κ1) is 14.0. The number of rotatable bonds is 3. The molecule has 2 aliphatic rings. The lowest BCUT2D eigenvalue weighted by atomic mass is 10.00. The molecule has 0 spiro atoms. The lowest BCUT2D eigenvalue weighted by Crippen LogP contribution is -2.32. The van der Waals surface area contributed by atoms with Gasteiger partial charge in [0.05, 0.1) is 0 Å². The lowest BCUT2D eigenvalue weighted by molar-refractivity contribution is 0.0830. The summed E-state index contributed by atoms with van der Waals surface area (Å²) in [5.74, 6) is 1.15. The molecule has 0 atom stereocenters. The molecule has 0 bridgehead atoms. The molecule has 0 unspecified atom stereocenters. The molecule has 0 aromatic carbocycles. The molecular weight excluding hydrogens is 280 g/mol. The van der Waals surface area contributed by atoms with Crippen LogP contribution in [0.1, 0.15) is 56.2 Å². The van der Waals surface area contributed by atoms with Gasteiger partial charge in [-0.25, -0.2) is 8.42 Å². The van der Waals surface area contributed by atoms with E-state index in [1.807, 2.05) is 0 Å². The van der Waals surface area contributed by atoms with Crippen molar-refractivity contribution in [2.24, 2.45) is 0 Å². The highest BCUT2D eigenvalue weighted by atomic mass is 32.2. The van der Waals surface area contributed by atoms with Gasteiger partial charge >= 0.3 is 0 Å². The number of sulfone groups is 1. The number of hydrogen-bond donors (Lipinski definition) is 0. The van der Waals surface area contributed by atoms with Crippen molar-refractivity contribution in [3.63, 3.8) is 0 Å². The molecule has 0 radical (unpaired) electrons. The summed E-state index contributed by atoms with van der Waals surface area (Å²) in [4.78, 5) is 4.44. The second kappa shape index (κ2) is 5.11. The second-order valence-corrected chi connectivity index (χ2v) is 8.14. The molecule has 2 heterocycles. The molecule has 0 N–H and O–H groups in total. The van der Waals surface area contributed by atoms with Crippen molar-refractivity contribution in [3.8, 4) is 0 Å². The predicted octanol–water partition coefficient (Wildman–Crippen LogP) is 1.78. The second-order valence-electron chi connectivity index (χ2n) is 5.82. The molecule has 1 aliphatic carbocycles. The van der Waals surface area contributed by atoms with Crippen LogP contribution in [0.3, 0.4) is 0 Å². The molecule has 1 aromatic heterocycles. The highest BCUT2D eigenvalue weighted by Gasteiger charge is 2.49. The molecule has 112 valence electrons. The van der Waals surface area contributed by atoms with Gasteiger partial charge in [0.25, 0.3) is 0 Å². The fourth-order valence-corrected chi connectivity index (χ4v) is 4.66. The molecular formula is C13H20N2O4S. The maximum Gasteiger partial charge on any atom is 0.248 e. The van der Waals surface area contributed by atoms with Gasteiger partial charge in [-0.15, -0.1) is 0 Å². The topological polar surface area (TPSA) is 82.3 Å². The first-order valence-electron chi connectivity index (χ1n) is 7.14. The van der Waals surface area contributed by atoms with Crippen LogP contribution in [0, 0.1) is 0 Å². The first-order valence-corrected chi connectivity index (χ1v) is 9.03. The van der Waals surface area contributed by atoms with Crippen LogP contribution < -0.4 is 0 Å². The largest absolute Gasteiger partial charge is 0.381 e. The van der Waals surface area contributed by atoms with Crippen LogP contribution in [0.4, 0.5) is 0 Å². The number of aromatic nitrogens is 2. The predicted molar refractivity (Wildman–Crippen MR) is 72.1 cm³/mol. The summed E-state index contributed by atoms with van der Waals surface area (Å²) in [5, 5.41) is 4.04. The van der Waals surface area contributed by atoms with E-state index in [-0.39, 0.29) is 5.92 Å². The average Bonchev–Trinajstić information content (AvgIpc) is 3.09. The van der Waals surface area contributed by atoms with E-state index in [4.69, 9.17) is 9.26 Å². The molecule has 3 rings (SSSR count). The van der Waals surface area contributed by atoms with Gasteiger partial charge in [-0.1, -0.05) is 18.0 Å². The third-order valence-electron chi connectivity index (χ3n) is 4.54. The Kier molecular flexibility index (Phi) is 3.58. The van der Waals surface area contributed by atoms with Gasteiger partial charge < -0.3 is 9.26 Å². The van der Waals surface area contributed by atoms with Crippen molar-refractivity contribution in [1.29, 1.82) is 0 Å². The quantitative estimate of drug-likeness (QED) is 0.846. The summed E-state index contributed by atoms with van der Waals surface area (Å²) in [7, 11) is -3.26. The van der Waals surface area contributed by atoms with Gasteiger partial charge in [0.15, 0.2) is 20.4 Å². The Morgan fingerprint density at radius 2 is 1.85 bits per heavy atom. The van der Waals surface area contributed by atoms with Gasteiger partial charge in [-0.05, 0) is 25.7 Å². The van der Waals surface area contributed by atoms with Crippen molar-refractivity contribution < 1.29 is 17.7 Å². The standard InChI is InChI=1S/C13H20N2O4S/c1-20(16,17)13(6-2-3-7-13)12-14-11(15-19-12)10-4-8-18-9-5-10/h10H,2-9H2,1H3. The van der Waals surface area contributed by atoms with Crippen LogP contribution in [-0.4, -0.2) is 38.0 Å². The van der Waals surface area contributed by atoms with Crippen molar-refractivity contribution in [3.05, 3.63) is 11.7 Å². The lowest BCUT2D eigenvalue weighted by Gasteiger charge is -2.22. The third kappa shape index (κ3) is 2.26. The number of ether oxygens (including phenoxy) is 1. The fourth-order valence-electron chi connectivity index (χ4n) is 3.23. The van der Waals surface area contributed by atoms with Crippen molar-refractivity contribution in [1.82, 2.24) is 10.1 Å². The molecule has 1 aromatic rings. The molecule has 20 heavy (non-hydrogen) atoms. The highest BCUT2D eigenvalue weighted by Crippen LogP contribution is 2.44. The molecule has 2 fully saturated rings. The summed E-state index contributed by atoms with van der Waals surface area (Å²) >= 11 is 0. The first-order chi connectivity index (χ1) is 9.53. The zero-order chi connectivity index (χ0) is 14.2. The number of nitrogens with zero attached hydrogens (tertiary/aromatic N) is 2. The van der Waals surface area contributed by atoms with Gasteiger partial charge in [0.1, 0.15) is 0 Å². The minimum Gasteiger partial charge on any atom is -0.381 e. The molecule has 1 saturated heterocycles. The van der Waals surface area contributed by atoms with E-state index in [1.165, 1.54) is 6.26 Å². The van der Waals surface area contributed by atoms with Gasteiger partial charge in [0.2, 0.25) is 5.89 Å².